The summed E-state index contributed by atoms with van der Waals surface area (Å²) in [6.07, 6.45) is -2.01. The maximum Gasteiger partial charge on any atom is 0.434 e. The molecule has 2 aliphatic rings. The molecule has 2 aromatic heterocycles. The van der Waals surface area contributed by atoms with Crippen molar-refractivity contribution in [2.75, 3.05) is 5.32 Å². The van der Waals surface area contributed by atoms with Crippen molar-refractivity contribution in [3.05, 3.63) is 77.4 Å². The standard InChI is InChI=1S/C20H10F6N6O2/c21-19(22,23)15-8-11(3-5-27-15)30-18(34)12-9-29-32(17(12)20(24,25)26)14-2-1-7-31-13(14)4-6-28-16(31)10-33/h1-9H,(H,27,30,34). The minimum Gasteiger partial charge on any atom is -0.322 e. The number of rotatable bonds is 3. The molecule has 14 heteroatoms. The fourth-order valence-electron chi connectivity index (χ4n) is 3.19. The van der Waals surface area contributed by atoms with Crippen LogP contribution < -0.4 is 5.32 Å². The number of pyridine rings is 1. The SMILES string of the molecule is O=C=C1N=CC=C2C(n3ncc(C(=O)Nc4ccnc(C(F)(F)F)c4)c3C(F)(F)F)=CC=CN12. The van der Waals surface area contributed by atoms with Crippen molar-refractivity contribution in [3.63, 3.8) is 0 Å². The lowest BCUT2D eigenvalue weighted by atomic mass is 10.1. The van der Waals surface area contributed by atoms with E-state index in [0.29, 0.717) is 16.9 Å². The van der Waals surface area contributed by atoms with Gasteiger partial charge in [0.1, 0.15) is 5.69 Å². The largest absolute Gasteiger partial charge is 0.434 e. The van der Waals surface area contributed by atoms with Crippen LogP contribution in [0.25, 0.3) is 5.70 Å². The number of halogens is 6. The lowest BCUT2D eigenvalue weighted by Gasteiger charge is -2.28. The van der Waals surface area contributed by atoms with Crippen molar-refractivity contribution in [3.8, 4) is 0 Å². The number of carbonyl (C=O) groups excluding carboxylic acids is 2. The smallest absolute Gasteiger partial charge is 0.322 e. The Balaban J connectivity index is 1.74. The summed E-state index contributed by atoms with van der Waals surface area (Å²) >= 11 is 0. The van der Waals surface area contributed by atoms with E-state index in [1.807, 2.05) is 5.32 Å². The third-order valence-electron chi connectivity index (χ3n) is 4.58. The number of alkyl halides is 6. The van der Waals surface area contributed by atoms with Gasteiger partial charge in [-0.3, -0.25) is 14.7 Å². The van der Waals surface area contributed by atoms with Crippen LogP contribution in [0.3, 0.4) is 0 Å². The zero-order valence-electron chi connectivity index (χ0n) is 16.5. The van der Waals surface area contributed by atoms with Crippen LogP contribution in [0.2, 0.25) is 0 Å². The molecule has 4 rings (SSSR count). The summed E-state index contributed by atoms with van der Waals surface area (Å²) in [4.78, 5) is 31.8. The number of carbonyl (C=O) groups is 1. The fraction of sp³-hybridized carbons (Fsp3) is 0.100. The molecular weight excluding hydrogens is 470 g/mol. The van der Waals surface area contributed by atoms with Gasteiger partial charge in [0, 0.05) is 24.3 Å². The second kappa shape index (κ2) is 8.15. The summed E-state index contributed by atoms with van der Waals surface area (Å²) < 4.78 is 81.0. The van der Waals surface area contributed by atoms with Crippen LogP contribution in [0, 0.1) is 0 Å². The van der Waals surface area contributed by atoms with Gasteiger partial charge < -0.3 is 5.32 Å². The predicted octanol–water partition coefficient (Wildman–Crippen LogP) is 3.88. The molecule has 1 amide bonds. The number of aromatic nitrogens is 3. The van der Waals surface area contributed by atoms with Crippen LogP contribution in [-0.2, 0) is 17.1 Å². The number of nitrogens with zero attached hydrogens (tertiary/aromatic N) is 5. The fourth-order valence-corrected chi connectivity index (χ4v) is 3.19. The second-order valence-electron chi connectivity index (χ2n) is 6.72. The van der Waals surface area contributed by atoms with Crippen molar-refractivity contribution < 1.29 is 35.9 Å². The average molecular weight is 480 g/mol. The Morgan fingerprint density at radius 2 is 1.82 bits per heavy atom. The molecule has 2 aromatic rings. The third kappa shape index (κ3) is 4.13. The van der Waals surface area contributed by atoms with E-state index < -0.39 is 40.9 Å². The number of amides is 1. The van der Waals surface area contributed by atoms with E-state index in [0.717, 1.165) is 12.3 Å². The minimum absolute atomic E-state index is 0.0976. The molecule has 0 bridgehead atoms. The first-order valence-electron chi connectivity index (χ1n) is 9.18. The Bertz CT molecular complexity index is 1340. The van der Waals surface area contributed by atoms with Crippen molar-refractivity contribution in [1.29, 1.82) is 0 Å². The summed E-state index contributed by atoms with van der Waals surface area (Å²) in [6, 6.07) is 1.48. The Labute approximate surface area is 185 Å². The van der Waals surface area contributed by atoms with Gasteiger partial charge in [-0.1, -0.05) is 0 Å². The van der Waals surface area contributed by atoms with E-state index in [-0.39, 0.29) is 17.2 Å². The molecule has 0 aliphatic carbocycles. The van der Waals surface area contributed by atoms with Crippen molar-refractivity contribution in [2.45, 2.75) is 12.4 Å². The number of aliphatic imine (C=N–C) groups is 1. The first-order valence-corrected chi connectivity index (χ1v) is 9.18. The number of nitrogens with one attached hydrogen (secondary N) is 1. The highest BCUT2D eigenvalue weighted by Crippen LogP contribution is 2.38. The monoisotopic (exact) mass is 480 g/mol. The molecule has 0 unspecified atom stereocenters. The lowest BCUT2D eigenvalue weighted by Crippen LogP contribution is -2.27. The number of fused-ring (bicyclic) bond motifs is 1. The molecule has 0 atom stereocenters. The Morgan fingerprint density at radius 3 is 2.50 bits per heavy atom. The van der Waals surface area contributed by atoms with Crippen LogP contribution in [0.5, 0.6) is 0 Å². The van der Waals surface area contributed by atoms with Crippen molar-refractivity contribution in [2.24, 2.45) is 4.99 Å². The summed E-state index contributed by atoms with van der Waals surface area (Å²) in [5, 5.41) is 5.69. The third-order valence-corrected chi connectivity index (χ3v) is 4.58. The Hall–Kier alpha value is -4.45. The molecule has 0 aromatic carbocycles. The normalized spacial score (nSPS) is 15.5. The van der Waals surface area contributed by atoms with Gasteiger partial charge in [-0.15, -0.1) is 0 Å². The first-order chi connectivity index (χ1) is 16.0. The average Bonchev–Trinajstić information content (AvgIpc) is 3.24. The molecule has 2 aliphatic heterocycles. The highest BCUT2D eigenvalue weighted by Gasteiger charge is 2.42. The quantitative estimate of drug-likeness (QED) is 0.532. The maximum atomic E-state index is 14.0. The van der Waals surface area contributed by atoms with Crippen molar-refractivity contribution in [1.82, 2.24) is 19.7 Å². The van der Waals surface area contributed by atoms with E-state index >= 15 is 0 Å². The van der Waals surface area contributed by atoms with E-state index in [1.54, 1.807) is 5.94 Å². The molecule has 0 saturated carbocycles. The second-order valence-corrected chi connectivity index (χ2v) is 6.72. The molecule has 0 radical (unpaired) electrons. The van der Waals surface area contributed by atoms with E-state index in [4.69, 9.17) is 0 Å². The summed E-state index contributed by atoms with van der Waals surface area (Å²) in [6.45, 7) is 0. The zero-order valence-corrected chi connectivity index (χ0v) is 16.5. The summed E-state index contributed by atoms with van der Waals surface area (Å²) in [5.41, 5.74) is -4.20. The van der Waals surface area contributed by atoms with Crippen LogP contribution in [0.4, 0.5) is 32.0 Å². The van der Waals surface area contributed by atoms with E-state index in [9.17, 15) is 35.9 Å². The van der Waals surface area contributed by atoms with Gasteiger partial charge >= 0.3 is 12.4 Å². The molecule has 0 saturated heterocycles. The molecule has 0 fully saturated rings. The molecule has 0 spiro atoms. The number of anilines is 1. The number of allylic oxidation sites excluding steroid dienone is 4. The van der Waals surface area contributed by atoms with Gasteiger partial charge in [0.15, 0.2) is 11.6 Å². The molecule has 34 heavy (non-hydrogen) atoms. The van der Waals surface area contributed by atoms with Gasteiger partial charge in [-0.2, -0.15) is 31.4 Å². The lowest BCUT2D eigenvalue weighted by molar-refractivity contribution is -0.143. The van der Waals surface area contributed by atoms with Crippen LogP contribution in [-0.4, -0.2) is 37.7 Å². The minimum atomic E-state index is -5.09. The predicted molar refractivity (Wildman–Crippen MR) is 105 cm³/mol. The van der Waals surface area contributed by atoms with Gasteiger partial charge in [-0.05, 0) is 30.4 Å². The van der Waals surface area contributed by atoms with Crippen LogP contribution >= 0.6 is 0 Å². The highest BCUT2D eigenvalue weighted by atomic mass is 19.4. The number of hydrogen-bond acceptors (Lipinski definition) is 6. The molecule has 174 valence electrons. The Morgan fingerprint density at radius 1 is 1.06 bits per heavy atom. The van der Waals surface area contributed by atoms with Gasteiger partial charge in [0.2, 0.25) is 5.82 Å². The van der Waals surface area contributed by atoms with E-state index in [1.165, 1.54) is 35.5 Å². The molecule has 1 N–H and O–H groups in total. The van der Waals surface area contributed by atoms with E-state index in [2.05, 4.69) is 15.1 Å². The molecule has 4 heterocycles. The highest BCUT2D eigenvalue weighted by molar-refractivity contribution is 6.05. The summed E-state index contributed by atoms with van der Waals surface area (Å²) in [7, 11) is 0. The number of hydrogen-bond donors (Lipinski definition) is 1. The van der Waals surface area contributed by atoms with Crippen molar-refractivity contribution >= 4 is 29.4 Å². The molecular formula is C20H10F6N6O2. The van der Waals surface area contributed by atoms with Gasteiger partial charge in [-0.25, -0.2) is 14.5 Å². The summed E-state index contributed by atoms with van der Waals surface area (Å²) in [5.74, 6) is 0.00958. The molecule has 8 nitrogen and oxygen atoms in total. The van der Waals surface area contributed by atoms with Gasteiger partial charge in [0.25, 0.3) is 5.91 Å². The zero-order chi connectivity index (χ0) is 24.7. The maximum absolute atomic E-state index is 14.0. The van der Waals surface area contributed by atoms with Crippen LogP contribution in [0.1, 0.15) is 21.7 Å². The topological polar surface area (TPSA) is 92.5 Å². The first kappa shape index (κ1) is 22.7. The van der Waals surface area contributed by atoms with Crippen LogP contribution in [0.15, 0.2) is 65.5 Å². The van der Waals surface area contributed by atoms with Gasteiger partial charge in [0.05, 0.1) is 23.2 Å². The Kier molecular flexibility index (Phi) is 5.45.